The van der Waals surface area contributed by atoms with Gasteiger partial charge >= 0.3 is 5.97 Å². The van der Waals surface area contributed by atoms with Crippen LogP contribution in [0, 0.1) is 5.41 Å². The number of hydrogen-bond acceptors (Lipinski definition) is 3. The van der Waals surface area contributed by atoms with E-state index in [9.17, 15) is 9.59 Å². The highest BCUT2D eigenvalue weighted by Gasteiger charge is 2.34. The summed E-state index contributed by atoms with van der Waals surface area (Å²) < 4.78 is 5.27. The van der Waals surface area contributed by atoms with Gasteiger partial charge in [0.25, 0.3) is 0 Å². The van der Waals surface area contributed by atoms with Crippen LogP contribution in [-0.4, -0.2) is 35.5 Å². The van der Waals surface area contributed by atoms with Gasteiger partial charge in [-0.15, -0.1) is 0 Å². The van der Waals surface area contributed by atoms with E-state index in [2.05, 4.69) is 0 Å². The fourth-order valence-electron chi connectivity index (χ4n) is 3.24. The Kier molecular flexibility index (Phi) is 5.29. The SMILES string of the molecule is COc1cccc([C@H]2CCCN2C(=O)CC(C)(C)CC(=O)O)c1. The van der Waals surface area contributed by atoms with E-state index in [0.29, 0.717) is 0 Å². The molecule has 0 aromatic heterocycles. The van der Waals surface area contributed by atoms with Crippen LogP contribution in [0.4, 0.5) is 0 Å². The number of methoxy groups -OCH3 is 1. The summed E-state index contributed by atoms with van der Waals surface area (Å²) in [6, 6.07) is 7.86. The van der Waals surface area contributed by atoms with E-state index in [4.69, 9.17) is 9.84 Å². The van der Waals surface area contributed by atoms with Crippen LogP contribution in [0.1, 0.15) is 51.1 Å². The molecule has 5 nitrogen and oxygen atoms in total. The molecule has 0 aliphatic carbocycles. The highest BCUT2D eigenvalue weighted by atomic mass is 16.5. The molecule has 5 heteroatoms. The first-order chi connectivity index (χ1) is 10.8. The van der Waals surface area contributed by atoms with Crippen molar-refractivity contribution in [2.24, 2.45) is 5.41 Å². The van der Waals surface area contributed by atoms with E-state index in [-0.39, 0.29) is 24.8 Å². The predicted molar refractivity (Wildman–Crippen MR) is 87.3 cm³/mol. The Morgan fingerprint density at radius 3 is 2.74 bits per heavy atom. The molecule has 23 heavy (non-hydrogen) atoms. The van der Waals surface area contributed by atoms with Crippen molar-refractivity contribution in [1.82, 2.24) is 4.90 Å². The lowest BCUT2D eigenvalue weighted by atomic mass is 9.85. The molecule has 1 fully saturated rings. The largest absolute Gasteiger partial charge is 0.497 e. The summed E-state index contributed by atoms with van der Waals surface area (Å²) >= 11 is 0. The number of carboxylic acid groups (broad SMARTS) is 1. The number of carboxylic acids is 1. The standard InChI is InChI=1S/C18H25NO4/c1-18(2,12-17(21)22)11-16(20)19-9-5-8-15(19)13-6-4-7-14(10-13)23-3/h4,6-7,10,15H,5,8-9,11-12H2,1-3H3,(H,21,22)/t15-/m1/s1. The Hall–Kier alpha value is -2.04. The van der Waals surface area contributed by atoms with Gasteiger partial charge in [0.15, 0.2) is 0 Å². The average Bonchev–Trinajstić information content (AvgIpc) is 2.95. The van der Waals surface area contributed by atoms with Gasteiger partial charge in [0, 0.05) is 13.0 Å². The average molecular weight is 319 g/mol. The van der Waals surface area contributed by atoms with Crippen LogP contribution in [0.5, 0.6) is 5.75 Å². The molecule has 0 unspecified atom stereocenters. The van der Waals surface area contributed by atoms with Gasteiger partial charge in [0.05, 0.1) is 19.6 Å². The Morgan fingerprint density at radius 2 is 2.09 bits per heavy atom. The van der Waals surface area contributed by atoms with E-state index >= 15 is 0 Å². The van der Waals surface area contributed by atoms with Crippen LogP contribution in [0.15, 0.2) is 24.3 Å². The van der Waals surface area contributed by atoms with E-state index in [1.165, 1.54) is 0 Å². The van der Waals surface area contributed by atoms with E-state index in [1.54, 1.807) is 7.11 Å². The smallest absolute Gasteiger partial charge is 0.303 e. The molecule has 1 aromatic rings. The first-order valence-corrected chi connectivity index (χ1v) is 7.97. The quantitative estimate of drug-likeness (QED) is 0.874. The second-order valence-electron chi connectivity index (χ2n) is 6.93. The minimum absolute atomic E-state index is 0.00356. The molecule has 1 heterocycles. The second kappa shape index (κ2) is 7.02. The van der Waals surface area contributed by atoms with Crippen LogP contribution in [0.3, 0.4) is 0 Å². The van der Waals surface area contributed by atoms with Crippen LogP contribution < -0.4 is 4.74 Å². The zero-order chi connectivity index (χ0) is 17.0. The topological polar surface area (TPSA) is 66.8 Å². The number of nitrogens with zero attached hydrogens (tertiary/aromatic N) is 1. The third kappa shape index (κ3) is 4.47. The van der Waals surface area contributed by atoms with Crippen LogP contribution in [-0.2, 0) is 9.59 Å². The molecule has 1 amide bonds. The third-order valence-corrected chi connectivity index (χ3v) is 4.31. The number of ether oxygens (including phenoxy) is 1. The molecular weight excluding hydrogens is 294 g/mol. The molecule has 0 bridgehead atoms. The number of carbonyl (C=O) groups excluding carboxylic acids is 1. The maximum absolute atomic E-state index is 12.7. The molecule has 1 N–H and O–H groups in total. The molecule has 1 aromatic carbocycles. The first kappa shape index (κ1) is 17.3. The lowest BCUT2D eigenvalue weighted by Gasteiger charge is -2.29. The Morgan fingerprint density at radius 1 is 1.35 bits per heavy atom. The van der Waals surface area contributed by atoms with Gasteiger partial charge < -0.3 is 14.7 Å². The van der Waals surface area contributed by atoms with Gasteiger partial charge in [-0.1, -0.05) is 26.0 Å². The van der Waals surface area contributed by atoms with Crippen molar-refractivity contribution in [1.29, 1.82) is 0 Å². The minimum atomic E-state index is -0.867. The van der Waals surface area contributed by atoms with Gasteiger partial charge in [-0.25, -0.2) is 0 Å². The maximum atomic E-state index is 12.7. The normalized spacial score (nSPS) is 18.0. The highest BCUT2D eigenvalue weighted by Crippen LogP contribution is 2.36. The summed E-state index contributed by atoms with van der Waals surface area (Å²) in [7, 11) is 1.63. The Labute approximate surface area is 137 Å². The van der Waals surface area contributed by atoms with Crippen molar-refractivity contribution in [3.8, 4) is 5.75 Å². The summed E-state index contributed by atoms with van der Waals surface area (Å²) in [6.07, 6.45) is 2.14. The van der Waals surface area contributed by atoms with E-state index < -0.39 is 11.4 Å². The van der Waals surface area contributed by atoms with Crippen LogP contribution in [0.25, 0.3) is 0 Å². The Balaban J connectivity index is 2.11. The summed E-state index contributed by atoms with van der Waals surface area (Å²) in [6.45, 7) is 4.38. The molecule has 126 valence electrons. The second-order valence-corrected chi connectivity index (χ2v) is 6.93. The van der Waals surface area contributed by atoms with Crippen molar-refractivity contribution >= 4 is 11.9 Å². The Bertz CT molecular complexity index is 582. The highest BCUT2D eigenvalue weighted by molar-refractivity contribution is 5.79. The van der Waals surface area contributed by atoms with Gasteiger partial charge in [-0.05, 0) is 36.0 Å². The lowest BCUT2D eigenvalue weighted by Crippen LogP contribution is -2.34. The molecule has 0 radical (unpaired) electrons. The summed E-state index contributed by atoms with van der Waals surface area (Å²) in [5.41, 5.74) is 0.538. The monoisotopic (exact) mass is 319 g/mol. The fourth-order valence-corrected chi connectivity index (χ4v) is 3.24. The number of benzene rings is 1. The predicted octanol–water partition coefficient (Wildman–Crippen LogP) is 3.25. The number of rotatable bonds is 6. The molecule has 1 atom stereocenters. The number of aliphatic carboxylic acids is 1. The zero-order valence-corrected chi connectivity index (χ0v) is 14.0. The fraction of sp³-hybridized carbons (Fsp3) is 0.556. The molecule has 2 rings (SSSR count). The zero-order valence-electron chi connectivity index (χ0n) is 14.0. The number of likely N-dealkylation sites (tertiary alicyclic amines) is 1. The molecule has 1 aliphatic rings. The van der Waals surface area contributed by atoms with Gasteiger partial charge in [0.1, 0.15) is 5.75 Å². The molecular formula is C18H25NO4. The number of hydrogen-bond donors (Lipinski definition) is 1. The molecule has 1 aliphatic heterocycles. The van der Waals surface area contributed by atoms with Crippen molar-refractivity contribution in [3.63, 3.8) is 0 Å². The summed E-state index contributed by atoms with van der Waals surface area (Å²) in [5, 5.41) is 8.98. The first-order valence-electron chi connectivity index (χ1n) is 7.97. The number of carbonyl (C=O) groups is 2. The van der Waals surface area contributed by atoms with Gasteiger partial charge in [0.2, 0.25) is 5.91 Å². The third-order valence-electron chi connectivity index (χ3n) is 4.31. The maximum Gasteiger partial charge on any atom is 0.303 e. The summed E-state index contributed by atoms with van der Waals surface area (Å²) in [4.78, 5) is 25.5. The number of amides is 1. The molecule has 0 saturated carbocycles. The van der Waals surface area contributed by atoms with Crippen molar-refractivity contribution in [2.45, 2.75) is 45.6 Å². The van der Waals surface area contributed by atoms with Crippen LogP contribution >= 0.6 is 0 Å². The van der Waals surface area contributed by atoms with Crippen molar-refractivity contribution < 1.29 is 19.4 Å². The van der Waals surface area contributed by atoms with Gasteiger partial charge in [-0.2, -0.15) is 0 Å². The van der Waals surface area contributed by atoms with E-state index in [1.807, 2.05) is 43.0 Å². The van der Waals surface area contributed by atoms with Crippen LogP contribution in [0.2, 0.25) is 0 Å². The summed E-state index contributed by atoms with van der Waals surface area (Å²) in [5.74, 6) is -0.0526. The minimum Gasteiger partial charge on any atom is -0.497 e. The van der Waals surface area contributed by atoms with Gasteiger partial charge in [-0.3, -0.25) is 9.59 Å². The van der Waals surface area contributed by atoms with Crippen molar-refractivity contribution in [3.05, 3.63) is 29.8 Å². The van der Waals surface area contributed by atoms with Crippen molar-refractivity contribution in [2.75, 3.05) is 13.7 Å². The lowest BCUT2D eigenvalue weighted by molar-refractivity contribution is -0.141. The van der Waals surface area contributed by atoms with E-state index in [0.717, 1.165) is 30.7 Å². The molecule has 0 spiro atoms. The molecule has 1 saturated heterocycles.